The van der Waals surface area contributed by atoms with E-state index in [-0.39, 0.29) is 30.1 Å². The summed E-state index contributed by atoms with van der Waals surface area (Å²) in [7, 11) is 0. The van der Waals surface area contributed by atoms with Crippen LogP contribution in [0.3, 0.4) is 0 Å². The average molecular weight is 383 g/mol. The van der Waals surface area contributed by atoms with E-state index in [4.69, 9.17) is 0 Å². The number of carbonyl (C=O) groups is 3. The van der Waals surface area contributed by atoms with Crippen LogP contribution < -0.4 is 15.5 Å². The Kier molecular flexibility index (Phi) is 6.37. The number of carbonyl (C=O) groups excluding carboxylic acids is 3. The largest absolute Gasteiger partial charge is 0.354 e. The van der Waals surface area contributed by atoms with Crippen LogP contribution in [-0.2, 0) is 16.0 Å². The number of anilines is 1. The second-order valence-electron chi connectivity index (χ2n) is 6.61. The van der Waals surface area contributed by atoms with Crippen molar-refractivity contribution in [1.29, 1.82) is 0 Å². The van der Waals surface area contributed by atoms with Crippen LogP contribution >= 0.6 is 0 Å². The van der Waals surface area contributed by atoms with Gasteiger partial charge in [0.15, 0.2) is 0 Å². The standard InChI is InChI=1S/C21H22FN3O3/c22-17-4-1-3-15(13-17)10-11-23-19(26)14-24-21(28)16-6-8-18(9-7-16)25-12-2-5-20(25)27/h1,3-4,6-9,13H,2,5,10-12,14H2,(H,23,26)(H,24,28). The van der Waals surface area contributed by atoms with Crippen LogP contribution in [0.15, 0.2) is 48.5 Å². The molecule has 1 fully saturated rings. The van der Waals surface area contributed by atoms with Gasteiger partial charge in [0.2, 0.25) is 11.8 Å². The summed E-state index contributed by atoms with van der Waals surface area (Å²) in [6.07, 6.45) is 1.90. The molecule has 28 heavy (non-hydrogen) atoms. The van der Waals surface area contributed by atoms with Gasteiger partial charge >= 0.3 is 0 Å². The minimum absolute atomic E-state index is 0.0899. The van der Waals surface area contributed by atoms with Gasteiger partial charge in [-0.2, -0.15) is 0 Å². The van der Waals surface area contributed by atoms with Gasteiger partial charge in [-0.25, -0.2) is 4.39 Å². The fraction of sp³-hybridized carbons (Fsp3) is 0.286. The third-order valence-corrected chi connectivity index (χ3v) is 4.55. The molecule has 146 valence electrons. The van der Waals surface area contributed by atoms with E-state index in [1.165, 1.54) is 12.1 Å². The normalized spacial score (nSPS) is 13.5. The molecule has 1 heterocycles. The van der Waals surface area contributed by atoms with E-state index in [9.17, 15) is 18.8 Å². The Morgan fingerprint density at radius 1 is 1.07 bits per heavy atom. The highest BCUT2D eigenvalue weighted by atomic mass is 19.1. The first-order valence-electron chi connectivity index (χ1n) is 9.23. The first kappa shape index (κ1) is 19.5. The monoisotopic (exact) mass is 383 g/mol. The van der Waals surface area contributed by atoms with Gasteiger partial charge in [-0.3, -0.25) is 14.4 Å². The molecule has 2 aromatic rings. The maximum Gasteiger partial charge on any atom is 0.251 e. The van der Waals surface area contributed by atoms with Gasteiger partial charge in [0.25, 0.3) is 5.91 Å². The van der Waals surface area contributed by atoms with E-state index < -0.39 is 0 Å². The maximum atomic E-state index is 13.1. The smallest absolute Gasteiger partial charge is 0.251 e. The summed E-state index contributed by atoms with van der Waals surface area (Å²) >= 11 is 0. The summed E-state index contributed by atoms with van der Waals surface area (Å²) < 4.78 is 13.1. The molecular formula is C21H22FN3O3. The summed E-state index contributed by atoms with van der Waals surface area (Å²) in [5, 5.41) is 5.25. The molecule has 0 bridgehead atoms. The van der Waals surface area contributed by atoms with Crippen LogP contribution in [0.4, 0.5) is 10.1 Å². The zero-order valence-corrected chi connectivity index (χ0v) is 15.4. The molecule has 0 atom stereocenters. The minimum Gasteiger partial charge on any atom is -0.354 e. The predicted molar refractivity (Wildman–Crippen MR) is 103 cm³/mol. The molecule has 0 spiro atoms. The zero-order chi connectivity index (χ0) is 19.9. The lowest BCUT2D eigenvalue weighted by Gasteiger charge is -2.15. The summed E-state index contributed by atoms with van der Waals surface area (Å²) in [6, 6.07) is 12.9. The lowest BCUT2D eigenvalue weighted by Crippen LogP contribution is -2.37. The Labute approximate surface area is 162 Å². The zero-order valence-electron chi connectivity index (χ0n) is 15.4. The number of rotatable bonds is 7. The van der Waals surface area contributed by atoms with Crippen molar-refractivity contribution in [3.8, 4) is 0 Å². The number of benzene rings is 2. The van der Waals surface area contributed by atoms with Gasteiger partial charge in [0.05, 0.1) is 6.54 Å². The summed E-state index contributed by atoms with van der Waals surface area (Å²) in [6.45, 7) is 0.908. The first-order valence-corrected chi connectivity index (χ1v) is 9.23. The number of hydrogen-bond acceptors (Lipinski definition) is 3. The molecule has 0 aliphatic carbocycles. The lowest BCUT2D eigenvalue weighted by atomic mass is 10.1. The molecule has 0 radical (unpaired) electrons. The van der Waals surface area contributed by atoms with E-state index in [0.29, 0.717) is 31.5 Å². The quantitative estimate of drug-likeness (QED) is 0.768. The molecular weight excluding hydrogens is 361 g/mol. The molecule has 1 aliphatic rings. The highest BCUT2D eigenvalue weighted by Crippen LogP contribution is 2.21. The van der Waals surface area contributed by atoms with Crippen molar-refractivity contribution < 1.29 is 18.8 Å². The van der Waals surface area contributed by atoms with Crippen molar-refractivity contribution in [2.75, 3.05) is 24.5 Å². The third kappa shape index (κ3) is 5.16. The molecule has 6 nitrogen and oxygen atoms in total. The van der Waals surface area contributed by atoms with E-state index in [2.05, 4.69) is 10.6 Å². The highest BCUT2D eigenvalue weighted by molar-refractivity contribution is 5.98. The maximum absolute atomic E-state index is 13.1. The number of halogens is 1. The topological polar surface area (TPSA) is 78.5 Å². The Balaban J connectivity index is 1.42. The molecule has 2 aromatic carbocycles. The second kappa shape index (κ2) is 9.12. The molecule has 0 aromatic heterocycles. The number of hydrogen-bond donors (Lipinski definition) is 2. The van der Waals surface area contributed by atoms with Crippen molar-refractivity contribution in [2.24, 2.45) is 0 Å². The van der Waals surface area contributed by atoms with Crippen LogP contribution in [0.25, 0.3) is 0 Å². The highest BCUT2D eigenvalue weighted by Gasteiger charge is 2.21. The van der Waals surface area contributed by atoms with Crippen LogP contribution in [-0.4, -0.2) is 37.4 Å². The fourth-order valence-corrected chi connectivity index (χ4v) is 3.08. The van der Waals surface area contributed by atoms with Crippen molar-refractivity contribution in [1.82, 2.24) is 10.6 Å². The Hall–Kier alpha value is -3.22. The first-order chi connectivity index (χ1) is 13.5. The fourth-order valence-electron chi connectivity index (χ4n) is 3.08. The molecule has 1 saturated heterocycles. The van der Waals surface area contributed by atoms with Gasteiger partial charge in [-0.1, -0.05) is 12.1 Å². The number of nitrogens with zero attached hydrogens (tertiary/aromatic N) is 1. The van der Waals surface area contributed by atoms with Crippen molar-refractivity contribution in [3.63, 3.8) is 0 Å². The minimum atomic E-state index is -0.362. The van der Waals surface area contributed by atoms with Gasteiger partial charge in [-0.15, -0.1) is 0 Å². The van der Waals surface area contributed by atoms with Crippen molar-refractivity contribution in [3.05, 3.63) is 65.5 Å². The Bertz CT molecular complexity index is 867. The number of amides is 3. The SMILES string of the molecule is O=C(CNC(=O)c1ccc(N2CCCC2=O)cc1)NCCc1cccc(F)c1. The van der Waals surface area contributed by atoms with Gasteiger partial charge in [0.1, 0.15) is 5.82 Å². The molecule has 1 aliphatic heterocycles. The third-order valence-electron chi connectivity index (χ3n) is 4.55. The van der Waals surface area contributed by atoms with E-state index in [1.54, 1.807) is 41.3 Å². The second-order valence-corrected chi connectivity index (χ2v) is 6.61. The average Bonchev–Trinajstić information content (AvgIpc) is 3.12. The van der Waals surface area contributed by atoms with Gasteiger partial charge in [0, 0.05) is 30.8 Å². The van der Waals surface area contributed by atoms with E-state index in [1.807, 2.05) is 0 Å². The molecule has 3 amide bonds. The van der Waals surface area contributed by atoms with Crippen LogP contribution in [0.1, 0.15) is 28.8 Å². The molecule has 0 saturated carbocycles. The van der Waals surface area contributed by atoms with Crippen LogP contribution in [0, 0.1) is 5.82 Å². The van der Waals surface area contributed by atoms with E-state index in [0.717, 1.165) is 17.7 Å². The van der Waals surface area contributed by atoms with E-state index >= 15 is 0 Å². The van der Waals surface area contributed by atoms with Gasteiger partial charge in [-0.05, 0) is 54.8 Å². The summed E-state index contributed by atoms with van der Waals surface area (Å²) in [5.41, 5.74) is 1.98. The predicted octanol–water partition coefficient (Wildman–Crippen LogP) is 2.04. The lowest BCUT2D eigenvalue weighted by molar-refractivity contribution is -0.120. The van der Waals surface area contributed by atoms with Crippen molar-refractivity contribution >= 4 is 23.4 Å². The molecule has 3 rings (SSSR count). The van der Waals surface area contributed by atoms with Crippen LogP contribution in [0.5, 0.6) is 0 Å². The molecule has 7 heteroatoms. The Morgan fingerprint density at radius 3 is 2.54 bits per heavy atom. The molecule has 2 N–H and O–H groups in total. The molecule has 0 unspecified atom stereocenters. The van der Waals surface area contributed by atoms with Crippen LogP contribution in [0.2, 0.25) is 0 Å². The number of nitrogens with one attached hydrogen (secondary N) is 2. The summed E-state index contributed by atoms with van der Waals surface area (Å²) in [4.78, 5) is 37.5. The van der Waals surface area contributed by atoms with Gasteiger partial charge < -0.3 is 15.5 Å². The summed E-state index contributed by atoms with van der Waals surface area (Å²) in [5.74, 6) is -0.896. The Morgan fingerprint density at radius 2 is 1.86 bits per heavy atom. The van der Waals surface area contributed by atoms with Crippen molar-refractivity contribution in [2.45, 2.75) is 19.3 Å².